The van der Waals surface area contributed by atoms with E-state index in [2.05, 4.69) is 21.4 Å². The van der Waals surface area contributed by atoms with Crippen LogP contribution in [0.2, 0.25) is 0 Å². The standard InChI is InChI=1S/C26H21N3O2/c30-25(20-11-6-10-19-18-9-1-2-12-21(18)28-24(19)20)27-17-8-5-7-16(15-17)26-29-22-13-3-4-14-23(22)31-26/h3-8,10-11,13-15,28H,1-2,9,12H2,(H,27,30). The number of aromatic amines is 1. The number of carbonyl (C=O) groups is 1. The molecule has 5 aromatic rings. The summed E-state index contributed by atoms with van der Waals surface area (Å²) in [6.07, 6.45) is 4.54. The Bertz CT molecular complexity index is 1410. The van der Waals surface area contributed by atoms with Crippen molar-refractivity contribution in [3.63, 3.8) is 0 Å². The van der Waals surface area contributed by atoms with Gasteiger partial charge in [-0.1, -0.05) is 30.3 Å². The third-order valence-electron chi connectivity index (χ3n) is 6.04. The molecule has 0 spiro atoms. The van der Waals surface area contributed by atoms with Gasteiger partial charge in [0.05, 0.1) is 11.1 Å². The van der Waals surface area contributed by atoms with Crippen molar-refractivity contribution in [2.45, 2.75) is 25.7 Å². The van der Waals surface area contributed by atoms with Gasteiger partial charge in [-0.15, -0.1) is 0 Å². The van der Waals surface area contributed by atoms with Crippen molar-refractivity contribution in [3.8, 4) is 11.5 Å². The number of carbonyl (C=O) groups excluding carboxylic acids is 1. The number of para-hydroxylation sites is 3. The molecule has 0 atom stereocenters. The lowest BCUT2D eigenvalue weighted by molar-refractivity contribution is 0.102. The summed E-state index contributed by atoms with van der Waals surface area (Å²) >= 11 is 0. The fourth-order valence-corrected chi connectivity index (χ4v) is 4.54. The summed E-state index contributed by atoms with van der Waals surface area (Å²) in [5.74, 6) is 0.412. The highest BCUT2D eigenvalue weighted by molar-refractivity contribution is 6.12. The van der Waals surface area contributed by atoms with Gasteiger partial charge in [0, 0.05) is 22.3 Å². The van der Waals surface area contributed by atoms with E-state index >= 15 is 0 Å². The first kappa shape index (κ1) is 18.0. The van der Waals surface area contributed by atoms with E-state index in [1.54, 1.807) is 0 Å². The molecule has 0 saturated heterocycles. The smallest absolute Gasteiger partial charge is 0.257 e. The van der Waals surface area contributed by atoms with Crippen LogP contribution in [0.5, 0.6) is 0 Å². The largest absolute Gasteiger partial charge is 0.436 e. The lowest BCUT2D eigenvalue weighted by Crippen LogP contribution is -2.12. The number of amides is 1. The van der Waals surface area contributed by atoms with Crippen LogP contribution < -0.4 is 5.32 Å². The molecule has 5 heteroatoms. The Morgan fingerprint density at radius 2 is 1.84 bits per heavy atom. The first-order valence-corrected chi connectivity index (χ1v) is 10.7. The summed E-state index contributed by atoms with van der Waals surface area (Å²) in [6.45, 7) is 0. The first-order chi connectivity index (χ1) is 15.3. The van der Waals surface area contributed by atoms with Crippen LogP contribution in [-0.2, 0) is 12.8 Å². The third kappa shape index (κ3) is 3.10. The van der Waals surface area contributed by atoms with Crippen LogP contribution in [0.25, 0.3) is 33.5 Å². The highest BCUT2D eigenvalue weighted by atomic mass is 16.3. The molecule has 6 rings (SSSR count). The van der Waals surface area contributed by atoms with E-state index < -0.39 is 0 Å². The molecular formula is C26H21N3O2. The van der Waals surface area contributed by atoms with Crippen molar-refractivity contribution in [1.29, 1.82) is 0 Å². The third-order valence-corrected chi connectivity index (χ3v) is 6.04. The van der Waals surface area contributed by atoms with Gasteiger partial charge in [0.2, 0.25) is 5.89 Å². The number of aryl methyl sites for hydroxylation is 2. The topological polar surface area (TPSA) is 70.9 Å². The molecule has 2 aromatic heterocycles. The zero-order valence-electron chi connectivity index (χ0n) is 16.9. The summed E-state index contributed by atoms with van der Waals surface area (Å²) < 4.78 is 5.87. The molecule has 0 fully saturated rings. The second-order valence-electron chi connectivity index (χ2n) is 8.04. The van der Waals surface area contributed by atoms with Crippen LogP contribution in [0.15, 0.2) is 71.1 Å². The number of anilines is 1. The Kier molecular flexibility index (Phi) is 4.13. The van der Waals surface area contributed by atoms with Crippen molar-refractivity contribution < 1.29 is 9.21 Å². The fourth-order valence-electron chi connectivity index (χ4n) is 4.54. The molecule has 0 saturated carbocycles. The van der Waals surface area contributed by atoms with Crippen molar-refractivity contribution in [2.24, 2.45) is 0 Å². The number of rotatable bonds is 3. The maximum atomic E-state index is 13.2. The first-order valence-electron chi connectivity index (χ1n) is 10.7. The molecule has 5 nitrogen and oxygen atoms in total. The van der Waals surface area contributed by atoms with Gasteiger partial charge in [-0.3, -0.25) is 4.79 Å². The molecule has 31 heavy (non-hydrogen) atoms. The predicted octanol–water partition coefficient (Wildman–Crippen LogP) is 6.11. The van der Waals surface area contributed by atoms with Gasteiger partial charge >= 0.3 is 0 Å². The number of hydrogen-bond donors (Lipinski definition) is 2. The quantitative estimate of drug-likeness (QED) is 0.379. The maximum absolute atomic E-state index is 13.2. The number of nitrogens with one attached hydrogen (secondary N) is 2. The number of aromatic nitrogens is 2. The molecule has 1 aliphatic carbocycles. The van der Waals surface area contributed by atoms with E-state index in [1.165, 1.54) is 29.5 Å². The van der Waals surface area contributed by atoms with E-state index in [9.17, 15) is 4.79 Å². The van der Waals surface area contributed by atoms with E-state index in [4.69, 9.17) is 4.42 Å². The van der Waals surface area contributed by atoms with Crippen molar-refractivity contribution in [1.82, 2.24) is 9.97 Å². The molecular weight excluding hydrogens is 386 g/mol. The second kappa shape index (κ2) is 7.13. The normalized spacial score (nSPS) is 13.4. The minimum absolute atomic E-state index is 0.126. The summed E-state index contributed by atoms with van der Waals surface area (Å²) in [5, 5.41) is 4.22. The summed E-state index contributed by atoms with van der Waals surface area (Å²) in [5.41, 5.74) is 7.33. The number of H-pyrrole nitrogens is 1. The van der Waals surface area contributed by atoms with Gasteiger partial charge in [-0.2, -0.15) is 0 Å². The molecule has 3 aromatic carbocycles. The average molecular weight is 407 g/mol. The van der Waals surface area contributed by atoms with E-state index in [0.29, 0.717) is 17.1 Å². The molecule has 0 unspecified atom stereocenters. The molecule has 1 amide bonds. The summed E-state index contributed by atoms with van der Waals surface area (Å²) in [6, 6.07) is 21.2. The van der Waals surface area contributed by atoms with E-state index in [-0.39, 0.29) is 5.91 Å². The number of fused-ring (bicyclic) bond motifs is 4. The fraction of sp³-hybridized carbons (Fsp3) is 0.154. The van der Waals surface area contributed by atoms with E-state index in [1.807, 2.05) is 60.7 Å². The summed E-state index contributed by atoms with van der Waals surface area (Å²) in [4.78, 5) is 21.2. The highest BCUT2D eigenvalue weighted by Gasteiger charge is 2.19. The summed E-state index contributed by atoms with van der Waals surface area (Å²) in [7, 11) is 0. The van der Waals surface area contributed by atoms with Crippen LogP contribution in [0.3, 0.4) is 0 Å². The average Bonchev–Trinajstić information content (AvgIpc) is 3.41. The minimum atomic E-state index is -0.126. The minimum Gasteiger partial charge on any atom is -0.436 e. The van der Waals surface area contributed by atoms with Gasteiger partial charge in [0.25, 0.3) is 5.91 Å². The van der Waals surface area contributed by atoms with Crippen LogP contribution in [0, 0.1) is 0 Å². The van der Waals surface area contributed by atoms with E-state index in [0.717, 1.165) is 35.0 Å². The van der Waals surface area contributed by atoms with Gasteiger partial charge in [-0.25, -0.2) is 4.98 Å². The Balaban J connectivity index is 1.33. The molecule has 0 aliphatic heterocycles. The lowest BCUT2D eigenvalue weighted by atomic mass is 9.95. The number of nitrogens with zero attached hydrogens (tertiary/aromatic N) is 1. The van der Waals surface area contributed by atoms with Crippen molar-refractivity contribution in [3.05, 3.63) is 83.6 Å². The zero-order chi connectivity index (χ0) is 20.8. The number of benzene rings is 3. The lowest BCUT2D eigenvalue weighted by Gasteiger charge is -2.10. The van der Waals surface area contributed by atoms with Gasteiger partial charge in [0.15, 0.2) is 5.58 Å². The molecule has 1 aliphatic rings. The predicted molar refractivity (Wildman–Crippen MR) is 122 cm³/mol. The van der Waals surface area contributed by atoms with Crippen molar-refractivity contribution in [2.75, 3.05) is 5.32 Å². The number of oxazole rings is 1. The Hall–Kier alpha value is -3.86. The Morgan fingerprint density at radius 1 is 0.968 bits per heavy atom. The SMILES string of the molecule is O=C(Nc1cccc(-c2nc3ccccc3o2)c1)c1cccc2c3c([nH]c12)CCCC3. The molecule has 2 N–H and O–H groups in total. The molecule has 0 radical (unpaired) electrons. The Morgan fingerprint density at radius 3 is 2.77 bits per heavy atom. The second-order valence-corrected chi connectivity index (χ2v) is 8.04. The van der Waals surface area contributed by atoms with Gasteiger partial charge in [-0.05, 0) is 67.6 Å². The van der Waals surface area contributed by atoms with Crippen LogP contribution in [0.4, 0.5) is 5.69 Å². The van der Waals surface area contributed by atoms with Gasteiger partial charge in [0.1, 0.15) is 5.52 Å². The van der Waals surface area contributed by atoms with Crippen LogP contribution in [-0.4, -0.2) is 15.9 Å². The highest BCUT2D eigenvalue weighted by Crippen LogP contribution is 2.31. The molecule has 0 bridgehead atoms. The van der Waals surface area contributed by atoms with Crippen molar-refractivity contribution >= 4 is 33.6 Å². The Labute approximate surface area is 179 Å². The number of hydrogen-bond acceptors (Lipinski definition) is 3. The van der Waals surface area contributed by atoms with Crippen LogP contribution >= 0.6 is 0 Å². The maximum Gasteiger partial charge on any atom is 0.257 e. The monoisotopic (exact) mass is 407 g/mol. The molecule has 152 valence electrons. The van der Waals surface area contributed by atoms with Crippen LogP contribution in [0.1, 0.15) is 34.5 Å². The molecule has 2 heterocycles. The zero-order valence-corrected chi connectivity index (χ0v) is 16.9. The van der Waals surface area contributed by atoms with Gasteiger partial charge < -0.3 is 14.7 Å².